The summed E-state index contributed by atoms with van der Waals surface area (Å²) in [5.41, 5.74) is 2.20. The lowest BCUT2D eigenvalue weighted by atomic mass is 10.1. The summed E-state index contributed by atoms with van der Waals surface area (Å²) in [6.45, 7) is 0. The fourth-order valence-corrected chi connectivity index (χ4v) is 2.84. The van der Waals surface area contributed by atoms with E-state index in [1.807, 2.05) is 60.7 Å². The van der Waals surface area contributed by atoms with Crippen molar-refractivity contribution in [3.05, 3.63) is 102 Å². The predicted molar refractivity (Wildman–Crippen MR) is 96.0 cm³/mol. The molecule has 2 amide bonds. The first-order chi connectivity index (χ1) is 12.3. The summed E-state index contributed by atoms with van der Waals surface area (Å²) in [4.78, 5) is 31.4. The van der Waals surface area contributed by atoms with Crippen LogP contribution in [0, 0.1) is 0 Å². The molecule has 0 fully saturated rings. The highest BCUT2D eigenvalue weighted by molar-refractivity contribution is 6.32. The van der Waals surface area contributed by atoms with Crippen LogP contribution < -0.4 is 0 Å². The Morgan fingerprint density at radius 2 is 1.12 bits per heavy atom. The minimum absolute atomic E-state index is 0.331. The topological polar surface area (TPSA) is 49.7 Å². The van der Waals surface area contributed by atoms with Gasteiger partial charge in [-0.3, -0.25) is 9.59 Å². The quantitative estimate of drug-likeness (QED) is 0.405. The Labute approximate surface area is 145 Å². The molecule has 0 saturated carbocycles. The molecule has 4 nitrogen and oxygen atoms in total. The first-order valence-corrected chi connectivity index (χ1v) is 7.92. The molecule has 0 aliphatic carbocycles. The molecule has 1 aliphatic rings. The smallest absolute Gasteiger partial charge is 0.267 e. The number of amides is 2. The monoisotopic (exact) mass is 326 g/mol. The molecule has 3 aromatic carbocycles. The number of para-hydroxylation sites is 1. The van der Waals surface area contributed by atoms with Gasteiger partial charge in [0, 0.05) is 5.56 Å². The van der Waals surface area contributed by atoms with E-state index in [9.17, 15) is 9.59 Å². The van der Waals surface area contributed by atoms with Gasteiger partial charge in [-0.15, -0.1) is 0 Å². The summed E-state index contributed by atoms with van der Waals surface area (Å²) in [5, 5.41) is 0. The summed E-state index contributed by atoms with van der Waals surface area (Å²) < 4.78 is 0. The van der Waals surface area contributed by atoms with Crippen molar-refractivity contribution >= 4 is 23.3 Å². The third kappa shape index (κ3) is 2.64. The van der Waals surface area contributed by atoms with Crippen LogP contribution in [0.2, 0.25) is 0 Å². The number of hydrogen-bond acceptors (Lipinski definition) is 3. The van der Waals surface area contributed by atoms with E-state index in [-0.39, 0.29) is 11.8 Å². The maximum Gasteiger partial charge on any atom is 0.267 e. The van der Waals surface area contributed by atoms with Crippen molar-refractivity contribution in [3.63, 3.8) is 0 Å². The first kappa shape index (κ1) is 15.0. The Morgan fingerprint density at radius 1 is 0.640 bits per heavy atom. The van der Waals surface area contributed by atoms with Gasteiger partial charge in [0.1, 0.15) is 0 Å². The number of imide groups is 1. The zero-order chi connectivity index (χ0) is 17.2. The highest BCUT2D eigenvalue weighted by Gasteiger charge is 2.38. The number of carbonyl (C=O) groups excluding carboxylic acids is 2. The van der Waals surface area contributed by atoms with Crippen LogP contribution in [0.15, 0.2) is 89.9 Å². The van der Waals surface area contributed by atoms with Gasteiger partial charge >= 0.3 is 0 Å². The number of rotatable bonds is 2. The SMILES string of the molecule is O=C1c2ccccc2C(=O)N1C(=Nc1ccccc1)c1ccccc1. The molecule has 4 heteroatoms. The van der Waals surface area contributed by atoms with Gasteiger partial charge in [-0.2, -0.15) is 0 Å². The van der Waals surface area contributed by atoms with Crippen LogP contribution in [0.1, 0.15) is 26.3 Å². The molecule has 0 bridgehead atoms. The van der Waals surface area contributed by atoms with Gasteiger partial charge in [-0.25, -0.2) is 9.89 Å². The molecule has 0 spiro atoms. The van der Waals surface area contributed by atoms with Gasteiger partial charge in [0.25, 0.3) is 11.8 Å². The third-order valence-corrected chi connectivity index (χ3v) is 4.03. The average Bonchev–Trinajstić information content (AvgIpc) is 2.93. The molecule has 0 N–H and O–H groups in total. The van der Waals surface area contributed by atoms with Crippen LogP contribution in [-0.4, -0.2) is 22.5 Å². The van der Waals surface area contributed by atoms with Crippen molar-refractivity contribution in [2.45, 2.75) is 0 Å². The van der Waals surface area contributed by atoms with Crippen LogP contribution >= 0.6 is 0 Å². The molecular formula is C21H14N2O2. The van der Waals surface area contributed by atoms with Gasteiger partial charge in [-0.05, 0) is 24.3 Å². The van der Waals surface area contributed by atoms with E-state index in [1.165, 1.54) is 0 Å². The van der Waals surface area contributed by atoms with Crippen molar-refractivity contribution in [3.8, 4) is 0 Å². The summed E-state index contributed by atoms with van der Waals surface area (Å²) in [5.74, 6) is -0.365. The van der Waals surface area contributed by atoms with Gasteiger partial charge < -0.3 is 0 Å². The highest BCUT2D eigenvalue weighted by atomic mass is 16.2. The number of nitrogens with zero attached hydrogens (tertiary/aromatic N) is 2. The predicted octanol–water partition coefficient (Wildman–Crippen LogP) is 4.06. The Morgan fingerprint density at radius 3 is 1.68 bits per heavy atom. The van der Waals surface area contributed by atoms with E-state index >= 15 is 0 Å². The molecule has 120 valence electrons. The lowest BCUT2D eigenvalue weighted by Crippen LogP contribution is -2.36. The second-order valence-electron chi connectivity index (χ2n) is 5.63. The van der Waals surface area contributed by atoms with Gasteiger partial charge in [0.05, 0.1) is 16.8 Å². The van der Waals surface area contributed by atoms with Crippen molar-refractivity contribution in [1.29, 1.82) is 0 Å². The second-order valence-corrected chi connectivity index (χ2v) is 5.63. The Hall–Kier alpha value is -3.53. The van der Waals surface area contributed by atoms with Crippen molar-refractivity contribution in [2.75, 3.05) is 0 Å². The van der Waals surface area contributed by atoms with Gasteiger partial charge in [0.15, 0.2) is 5.84 Å². The molecule has 25 heavy (non-hydrogen) atoms. The van der Waals surface area contributed by atoms with Gasteiger partial charge in [-0.1, -0.05) is 60.7 Å². The third-order valence-electron chi connectivity index (χ3n) is 4.03. The zero-order valence-electron chi connectivity index (χ0n) is 13.3. The number of fused-ring (bicyclic) bond motifs is 1. The lowest BCUT2D eigenvalue weighted by Gasteiger charge is -2.17. The molecule has 4 rings (SSSR count). The standard InChI is InChI=1S/C21H14N2O2/c24-20-17-13-7-8-14-18(17)21(25)23(20)19(15-9-3-1-4-10-15)22-16-11-5-2-6-12-16/h1-14H. The summed E-state index contributed by atoms with van der Waals surface area (Å²) in [7, 11) is 0. The van der Waals surface area contributed by atoms with Crippen molar-refractivity contribution < 1.29 is 9.59 Å². The van der Waals surface area contributed by atoms with Crippen LogP contribution in [0.3, 0.4) is 0 Å². The lowest BCUT2D eigenvalue weighted by molar-refractivity contribution is 0.0749. The van der Waals surface area contributed by atoms with Gasteiger partial charge in [0.2, 0.25) is 0 Å². The summed E-state index contributed by atoms with van der Waals surface area (Å²) in [6, 6.07) is 25.4. The molecule has 0 saturated heterocycles. The molecule has 3 aromatic rings. The molecule has 0 aromatic heterocycles. The van der Waals surface area contributed by atoms with E-state index < -0.39 is 0 Å². The number of aliphatic imine (C=N–C) groups is 1. The maximum absolute atomic E-state index is 12.8. The molecule has 0 atom stereocenters. The number of hydrogen-bond donors (Lipinski definition) is 0. The van der Waals surface area contributed by atoms with Crippen molar-refractivity contribution in [1.82, 2.24) is 4.90 Å². The molecule has 1 aliphatic heterocycles. The number of amidine groups is 1. The van der Waals surface area contributed by atoms with E-state index in [1.54, 1.807) is 24.3 Å². The van der Waals surface area contributed by atoms with Crippen LogP contribution in [-0.2, 0) is 0 Å². The number of benzene rings is 3. The zero-order valence-corrected chi connectivity index (χ0v) is 13.3. The largest absolute Gasteiger partial charge is 0.268 e. The van der Waals surface area contributed by atoms with Crippen LogP contribution in [0.25, 0.3) is 0 Å². The Balaban J connectivity index is 1.87. The maximum atomic E-state index is 12.8. The van der Waals surface area contributed by atoms with E-state index in [4.69, 9.17) is 0 Å². The Bertz CT molecular complexity index is 944. The normalized spacial score (nSPS) is 13.9. The molecule has 1 heterocycles. The Kier molecular flexibility index (Phi) is 3.71. The van der Waals surface area contributed by atoms with E-state index in [2.05, 4.69) is 4.99 Å². The average molecular weight is 326 g/mol. The van der Waals surface area contributed by atoms with Crippen LogP contribution in [0.4, 0.5) is 5.69 Å². The van der Waals surface area contributed by atoms with Crippen molar-refractivity contribution in [2.24, 2.45) is 4.99 Å². The highest BCUT2D eigenvalue weighted by Crippen LogP contribution is 2.26. The fourth-order valence-electron chi connectivity index (χ4n) is 2.84. The molecular weight excluding hydrogens is 312 g/mol. The van der Waals surface area contributed by atoms with E-state index in [0.717, 1.165) is 4.90 Å². The minimum atomic E-state index is -0.348. The van der Waals surface area contributed by atoms with E-state index in [0.29, 0.717) is 28.2 Å². The first-order valence-electron chi connectivity index (χ1n) is 7.92. The van der Waals surface area contributed by atoms with Crippen LogP contribution in [0.5, 0.6) is 0 Å². The summed E-state index contributed by atoms with van der Waals surface area (Å²) >= 11 is 0. The fraction of sp³-hybridized carbons (Fsp3) is 0. The summed E-state index contributed by atoms with van der Waals surface area (Å²) in [6.07, 6.45) is 0. The molecule has 0 unspecified atom stereocenters. The molecule has 0 radical (unpaired) electrons. The number of carbonyl (C=O) groups is 2. The second kappa shape index (κ2) is 6.17. The minimum Gasteiger partial charge on any atom is -0.268 e.